The highest BCUT2D eigenvalue weighted by Gasteiger charge is 2.33. The third-order valence-electron chi connectivity index (χ3n) is 2.95. The van der Waals surface area contributed by atoms with Crippen molar-refractivity contribution in [1.82, 2.24) is 16.0 Å². The van der Waals surface area contributed by atoms with Gasteiger partial charge in [-0.3, -0.25) is 14.4 Å². The smallest absolute Gasteiger partial charge is 0.247 e. The Hall–Kier alpha value is -1.97. The van der Waals surface area contributed by atoms with Gasteiger partial charge in [0, 0.05) is 12.0 Å². The lowest BCUT2D eigenvalue weighted by Gasteiger charge is -2.31. The van der Waals surface area contributed by atoms with Crippen LogP contribution in [0.25, 0.3) is 0 Å². The number of nitrogens with two attached hydrogens (primary N) is 1. The number of hydrogen-bond donors (Lipinski definition) is 6. The third kappa shape index (κ3) is 5.14. The second-order valence-corrected chi connectivity index (χ2v) is 4.73. The van der Waals surface area contributed by atoms with Gasteiger partial charge in [0.2, 0.25) is 17.7 Å². The molecule has 1 rings (SSSR count). The molecule has 3 amide bonds. The number of likely N-dealkylation sites (N-methyl/N-ethyl adjacent to an activating group) is 1. The van der Waals surface area contributed by atoms with Gasteiger partial charge in [-0.05, 0) is 7.05 Å². The molecule has 0 aromatic heterocycles. The SMILES string of the molecule is CNCC(=O)N[C@@H]1C=C(C(=O)NCC(N)=O)C[C@@H](O)[C@@H]1O. The maximum absolute atomic E-state index is 11.8. The normalized spacial score (nSPS) is 24.9. The number of amides is 3. The fourth-order valence-electron chi connectivity index (χ4n) is 1.94. The van der Waals surface area contributed by atoms with Gasteiger partial charge in [0.15, 0.2) is 0 Å². The summed E-state index contributed by atoms with van der Waals surface area (Å²) in [5, 5.41) is 27.0. The number of carbonyl (C=O) groups excluding carboxylic acids is 3. The molecular formula is C12H20N4O5. The molecule has 0 saturated carbocycles. The highest BCUT2D eigenvalue weighted by molar-refractivity contribution is 5.96. The lowest BCUT2D eigenvalue weighted by atomic mass is 9.90. The molecule has 0 aromatic rings. The van der Waals surface area contributed by atoms with Crippen LogP contribution in [-0.4, -0.2) is 66.3 Å². The Balaban J connectivity index is 2.76. The number of rotatable bonds is 6. The predicted octanol–water partition coefficient (Wildman–Crippen LogP) is -3.66. The summed E-state index contributed by atoms with van der Waals surface area (Å²) in [6.07, 6.45) is -1.12. The lowest BCUT2D eigenvalue weighted by molar-refractivity contribution is -0.123. The number of aliphatic hydroxyl groups is 2. The van der Waals surface area contributed by atoms with Crippen molar-refractivity contribution >= 4 is 17.7 Å². The molecule has 0 radical (unpaired) electrons. The highest BCUT2D eigenvalue weighted by Crippen LogP contribution is 2.19. The van der Waals surface area contributed by atoms with Crippen LogP contribution in [0.1, 0.15) is 6.42 Å². The molecule has 7 N–H and O–H groups in total. The van der Waals surface area contributed by atoms with Crippen LogP contribution < -0.4 is 21.7 Å². The van der Waals surface area contributed by atoms with Crippen LogP contribution >= 0.6 is 0 Å². The van der Waals surface area contributed by atoms with Gasteiger partial charge in [-0.2, -0.15) is 0 Å². The van der Waals surface area contributed by atoms with Gasteiger partial charge in [0.05, 0.1) is 25.2 Å². The minimum Gasteiger partial charge on any atom is -0.390 e. The van der Waals surface area contributed by atoms with E-state index in [0.29, 0.717) is 0 Å². The third-order valence-corrected chi connectivity index (χ3v) is 2.95. The van der Waals surface area contributed by atoms with E-state index in [9.17, 15) is 24.6 Å². The summed E-state index contributed by atoms with van der Waals surface area (Å²) in [7, 11) is 1.59. The number of aliphatic hydroxyl groups excluding tert-OH is 2. The van der Waals surface area contributed by atoms with E-state index in [1.165, 1.54) is 6.08 Å². The Bertz CT molecular complexity index is 451. The maximum atomic E-state index is 11.8. The van der Waals surface area contributed by atoms with Gasteiger partial charge in [-0.15, -0.1) is 0 Å². The van der Waals surface area contributed by atoms with Crippen molar-refractivity contribution in [2.24, 2.45) is 5.73 Å². The second-order valence-electron chi connectivity index (χ2n) is 4.73. The van der Waals surface area contributed by atoms with E-state index in [1.807, 2.05) is 0 Å². The van der Waals surface area contributed by atoms with Gasteiger partial charge in [-0.1, -0.05) is 6.08 Å². The van der Waals surface area contributed by atoms with Gasteiger partial charge in [-0.25, -0.2) is 0 Å². The Morgan fingerprint density at radius 3 is 2.57 bits per heavy atom. The van der Waals surface area contributed by atoms with E-state index in [1.54, 1.807) is 7.05 Å². The number of primary amides is 1. The minimum absolute atomic E-state index is 0.0381. The molecule has 21 heavy (non-hydrogen) atoms. The Kier molecular flexibility index (Phi) is 6.28. The van der Waals surface area contributed by atoms with Crippen LogP contribution in [0.5, 0.6) is 0 Å². The molecule has 0 bridgehead atoms. The summed E-state index contributed by atoms with van der Waals surface area (Å²) in [6, 6.07) is -0.885. The molecule has 3 atom stereocenters. The maximum Gasteiger partial charge on any atom is 0.247 e. The van der Waals surface area contributed by atoms with Crippen LogP contribution in [0.15, 0.2) is 11.6 Å². The second kappa shape index (κ2) is 7.72. The van der Waals surface area contributed by atoms with Crippen LogP contribution in [0, 0.1) is 0 Å². The zero-order chi connectivity index (χ0) is 16.0. The quantitative estimate of drug-likeness (QED) is 0.297. The van der Waals surface area contributed by atoms with Crippen molar-refractivity contribution in [2.75, 3.05) is 20.1 Å². The van der Waals surface area contributed by atoms with E-state index in [0.717, 1.165) is 0 Å². The first kappa shape index (κ1) is 17.1. The van der Waals surface area contributed by atoms with Crippen LogP contribution in [-0.2, 0) is 14.4 Å². The molecule has 1 aliphatic rings. The molecule has 0 fully saturated rings. The van der Waals surface area contributed by atoms with E-state index in [2.05, 4.69) is 16.0 Å². The molecule has 9 nitrogen and oxygen atoms in total. The predicted molar refractivity (Wildman–Crippen MR) is 72.8 cm³/mol. The van der Waals surface area contributed by atoms with Crippen molar-refractivity contribution in [3.8, 4) is 0 Å². The molecule has 0 saturated heterocycles. The fraction of sp³-hybridized carbons (Fsp3) is 0.583. The van der Waals surface area contributed by atoms with E-state index in [4.69, 9.17) is 5.73 Å². The summed E-state index contributed by atoms with van der Waals surface area (Å²) in [6.45, 7) is -0.290. The van der Waals surface area contributed by atoms with Crippen LogP contribution in [0.3, 0.4) is 0 Å². The van der Waals surface area contributed by atoms with Crippen molar-refractivity contribution in [3.05, 3.63) is 11.6 Å². The highest BCUT2D eigenvalue weighted by atomic mass is 16.3. The van der Waals surface area contributed by atoms with Gasteiger partial charge < -0.3 is 31.9 Å². The number of carbonyl (C=O) groups is 3. The fourth-order valence-corrected chi connectivity index (χ4v) is 1.94. The van der Waals surface area contributed by atoms with E-state index >= 15 is 0 Å². The first-order valence-electron chi connectivity index (χ1n) is 6.42. The zero-order valence-corrected chi connectivity index (χ0v) is 11.6. The molecule has 0 unspecified atom stereocenters. The lowest BCUT2D eigenvalue weighted by Crippen LogP contribution is -2.52. The molecule has 0 heterocycles. The Labute approximate surface area is 121 Å². The topological polar surface area (TPSA) is 154 Å². The van der Waals surface area contributed by atoms with Crippen LogP contribution in [0.4, 0.5) is 0 Å². The average molecular weight is 300 g/mol. The first-order chi connectivity index (χ1) is 9.85. The number of nitrogens with one attached hydrogen (secondary N) is 3. The van der Waals surface area contributed by atoms with Crippen molar-refractivity contribution in [3.63, 3.8) is 0 Å². The molecule has 118 valence electrons. The van der Waals surface area contributed by atoms with Gasteiger partial charge in [0.25, 0.3) is 0 Å². The van der Waals surface area contributed by atoms with Gasteiger partial charge in [0.1, 0.15) is 6.10 Å². The first-order valence-corrected chi connectivity index (χ1v) is 6.42. The molecule has 0 aromatic carbocycles. The molecule has 1 aliphatic carbocycles. The summed E-state index contributed by atoms with van der Waals surface area (Å²) in [5.74, 6) is -1.66. The summed E-state index contributed by atoms with van der Waals surface area (Å²) in [5.41, 5.74) is 5.09. The zero-order valence-electron chi connectivity index (χ0n) is 11.6. The van der Waals surface area contributed by atoms with Gasteiger partial charge >= 0.3 is 0 Å². The standard InChI is InChI=1S/C12H20N4O5/c1-14-5-10(19)16-7-2-6(3-8(17)11(7)20)12(21)15-4-9(13)18/h2,7-8,11,14,17,20H,3-5H2,1H3,(H2,13,18)(H,15,21)(H,16,19)/t7-,8-,11-/m1/s1. The summed E-state index contributed by atoms with van der Waals surface area (Å²) < 4.78 is 0. The van der Waals surface area contributed by atoms with E-state index < -0.39 is 30.1 Å². The van der Waals surface area contributed by atoms with E-state index in [-0.39, 0.29) is 31.0 Å². The summed E-state index contributed by atoms with van der Waals surface area (Å²) >= 11 is 0. The van der Waals surface area contributed by atoms with Crippen molar-refractivity contribution in [2.45, 2.75) is 24.7 Å². The Morgan fingerprint density at radius 2 is 2.00 bits per heavy atom. The monoisotopic (exact) mass is 300 g/mol. The summed E-state index contributed by atoms with van der Waals surface area (Å²) in [4.78, 5) is 33.9. The number of hydrogen-bond acceptors (Lipinski definition) is 6. The average Bonchev–Trinajstić information content (AvgIpc) is 2.41. The minimum atomic E-state index is -1.21. The largest absolute Gasteiger partial charge is 0.390 e. The Morgan fingerprint density at radius 1 is 1.33 bits per heavy atom. The molecule has 0 aliphatic heterocycles. The molecule has 0 spiro atoms. The van der Waals surface area contributed by atoms with Crippen LogP contribution in [0.2, 0.25) is 0 Å². The van der Waals surface area contributed by atoms with Crippen molar-refractivity contribution in [1.29, 1.82) is 0 Å². The molecular weight excluding hydrogens is 280 g/mol. The molecule has 9 heteroatoms. The van der Waals surface area contributed by atoms with Crippen molar-refractivity contribution < 1.29 is 24.6 Å².